The molecule has 0 amide bonds. The molecule has 3 aromatic heterocycles. The van der Waals surface area contributed by atoms with Crippen molar-refractivity contribution in [2.24, 2.45) is 5.73 Å². The van der Waals surface area contributed by atoms with Crippen LogP contribution in [0.15, 0.2) is 47.2 Å². The summed E-state index contributed by atoms with van der Waals surface area (Å²) in [5.74, 6) is 0.170. The normalized spacial score (nSPS) is 12.8. The monoisotopic (exact) mass is 348 g/mol. The van der Waals surface area contributed by atoms with Crippen LogP contribution in [-0.2, 0) is 0 Å². The zero-order chi connectivity index (χ0) is 16.0. The molecule has 0 spiro atoms. The number of fused-ring (bicyclic) bond motifs is 1. The van der Waals surface area contributed by atoms with Crippen molar-refractivity contribution < 1.29 is 8.81 Å². The number of nitrogens with two attached hydrogens (primary N) is 1. The molecule has 4 aromatic rings. The van der Waals surface area contributed by atoms with Gasteiger partial charge in [0.15, 0.2) is 0 Å². The number of furan rings is 1. The molecule has 8 heteroatoms. The van der Waals surface area contributed by atoms with Crippen LogP contribution in [0.1, 0.15) is 16.8 Å². The summed E-state index contributed by atoms with van der Waals surface area (Å²) in [4.78, 5) is 5.02. The Hall–Kier alpha value is -2.22. The Kier molecular flexibility index (Phi) is 3.41. The fourth-order valence-corrected chi connectivity index (χ4v) is 3.34. The lowest BCUT2D eigenvalue weighted by Gasteiger charge is -2.03. The summed E-state index contributed by atoms with van der Waals surface area (Å²) in [5, 5.41) is 5.24. The van der Waals surface area contributed by atoms with Crippen LogP contribution < -0.4 is 5.73 Å². The number of benzene rings is 1. The molecule has 1 atom stereocenters. The molecule has 0 bridgehead atoms. The number of aromatic nitrogens is 3. The Morgan fingerprint density at radius 1 is 1.35 bits per heavy atom. The maximum Gasteiger partial charge on any atom is 0.212 e. The van der Waals surface area contributed by atoms with Gasteiger partial charge in [0.05, 0.1) is 23.2 Å². The van der Waals surface area contributed by atoms with Crippen molar-refractivity contribution >= 4 is 27.9 Å². The van der Waals surface area contributed by atoms with Crippen molar-refractivity contribution in [3.05, 3.63) is 64.4 Å². The van der Waals surface area contributed by atoms with Crippen LogP contribution in [0.2, 0.25) is 5.02 Å². The Morgan fingerprint density at radius 3 is 2.96 bits per heavy atom. The SMILES string of the molecule is NC(c1ccco1)c1nn2c(-c3ccc(F)c(Cl)c3)cnc2s1. The number of rotatable bonds is 3. The largest absolute Gasteiger partial charge is 0.467 e. The molecule has 2 N–H and O–H groups in total. The van der Waals surface area contributed by atoms with Crippen LogP contribution in [0, 0.1) is 5.82 Å². The van der Waals surface area contributed by atoms with Gasteiger partial charge in [-0.05, 0) is 30.3 Å². The van der Waals surface area contributed by atoms with Crippen LogP contribution in [0.4, 0.5) is 4.39 Å². The quantitative estimate of drug-likeness (QED) is 0.609. The molecule has 116 valence electrons. The number of halogens is 2. The minimum atomic E-state index is -0.463. The van der Waals surface area contributed by atoms with Gasteiger partial charge in [-0.1, -0.05) is 22.9 Å². The van der Waals surface area contributed by atoms with E-state index in [2.05, 4.69) is 10.1 Å². The number of nitrogens with zero attached hydrogens (tertiary/aromatic N) is 3. The first-order chi connectivity index (χ1) is 11.1. The van der Waals surface area contributed by atoms with Gasteiger partial charge in [-0.25, -0.2) is 13.9 Å². The average molecular weight is 349 g/mol. The van der Waals surface area contributed by atoms with Crippen molar-refractivity contribution in [3.63, 3.8) is 0 Å². The van der Waals surface area contributed by atoms with Gasteiger partial charge in [-0.15, -0.1) is 0 Å². The third-order valence-corrected chi connectivity index (χ3v) is 4.73. The van der Waals surface area contributed by atoms with Crippen molar-refractivity contribution in [2.75, 3.05) is 0 Å². The van der Waals surface area contributed by atoms with E-state index in [0.29, 0.717) is 15.7 Å². The molecule has 4 rings (SSSR count). The first-order valence-electron chi connectivity index (χ1n) is 6.72. The smallest absolute Gasteiger partial charge is 0.212 e. The summed E-state index contributed by atoms with van der Waals surface area (Å²) in [6.07, 6.45) is 3.24. The third-order valence-electron chi connectivity index (χ3n) is 3.43. The Balaban J connectivity index is 1.79. The van der Waals surface area contributed by atoms with E-state index < -0.39 is 11.9 Å². The van der Waals surface area contributed by atoms with Gasteiger partial charge in [0, 0.05) is 5.56 Å². The van der Waals surface area contributed by atoms with Gasteiger partial charge in [0.2, 0.25) is 4.96 Å². The van der Waals surface area contributed by atoms with Gasteiger partial charge < -0.3 is 10.2 Å². The predicted molar refractivity (Wildman–Crippen MR) is 86.0 cm³/mol. The van der Waals surface area contributed by atoms with E-state index in [9.17, 15) is 4.39 Å². The summed E-state index contributed by atoms with van der Waals surface area (Å²) in [6, 6.07) is 7.62. The van der Waals surface area contributed by atoms with Crippen molar-refractivity contribution in [3.8, 4) is 11.3 Å². The first-order valence-corrected chi connectivity index (χ1v) is 7.92. The minimum absolute atomic E-state index is 0.0557. The van der Waals surface area contributed by atoms with E-state index in [1.807, 2.05) is 0 Å². The minimum Gasteiger partial charge on any atom is -0.467 e. The molecule has 1 aromatic carbocycles. The van der Waals surface area contributed by atoms with Gasteiger partial charge in [-0.3, -0.25) is 0 Å². The van der Waals surface area contributed by atoms with Crippen LogP contribution >= 0.6 is 22.9 Å². The molecule has 5 nitrogen and oxygen atoms in total. The average Bonchev–Trinajstić information content (AvgIpc) is 3.25. The fraction of sp³-hybridized carbons (Fsp3) is 0.0667. The highest BCUT2D eigenvalue weighted by Gasteiger charge is 2.19. The molecular formula is C15H10ClFN4OS. The van der Waals surface area contributed by atoms with E-state index >= 15 is 0 Å². The Bertz CT molecular complexity index is 979. The second-order valence-corrected chi connectivity index (χ2v) is 6.29. The lowest BCUT2D eigenvalue weighted by molar-refractivity contribution is 0.488. The molecule has 3 heterocycles. The molecule has 0 saturated heterocycles. The summed E-state index contributed by atoms with van der Waals surface area (Å²) in [5.41, 5.74) is 7.61. The lowest BCUT2D eigenvalue weighted by atomic mass is 10.2. The number of hydrogen-bond acceptors (Lipinski definition) is 5. The zero-order valence-electron chi connectivity index (χ0n) is 11.6. The molecule has 0 fully saturated rings. The van der Waals surface area contributed by atoms with Gasteiger partial charge in [0.1, 0.15) is 22.6 Å². The highest BCUT2D eigenvalue weighted by molar-refractivity contribution is 7.16. The van der Waals surface area contributed by atoms with E-state index in [1.165, 1.54) is 17.4 Å². The molecular weight excluding hydrogens is 339 g/mol. The van der Waals surface area contributed by atoms with Gasteiger partial charge in [0.25, 0.3) is 0 Å². The van der Waals surface area contributed by atoms with Crippen molar-refractivity contribution in [1.82, 2.24) is 14.6 Å². The molecule has 0 radical (unpaired) electrons. The third kappa shape index (κ3) is 2.42. The van der Waals surface area contributed by atoms with E-state index in [0.717, 1.165) is 11.3 Å². The number of imidazole rings is 1. The van der Waals surface area contributed by atoms with E-state index in [1.54, 1.807) is 41.2 Å². The van der Waals surface area contributed by atoms with Crippen LogP contribution in [0.5, 0.6) is 0 Å². The van der Waals surface area contributed by atoms with Crippen molar-refractivity contribution in [1.29, 1.82) is 0 Å². The Morgan fingerprint density at radius 2 is 2.22 bits per heavy atom. The zero-order valence-corrected chi connectivity index (χ0v) is 13.2. The van der Waals surface area contributed by atoms with Crippen LogP contribution in [0.3, 0.4) is 0 Å². The molecule has 1 unspecified atom stereocenters. The van der Waals surface area contributed by atoms with Gasteiger partial charge >= 0.3 is 0 Å². The summed E-state index contributed by atoms with van der Waals surface area (Å²) in [6.45, 7) is 0. The molecule has 0 aliphatic heterocycles. The topological polar surface area (TPSA) is 69.3 Å². The maximum atomic E-state index is 13.3. The van der Waals surface area contributed by atoms with E-state index in [4.69, 9.17) is 21.8 Å². The summed E-state index contributed by atoms with van der Waals surface area (Å²) >= 11 is 7.23. The molecule has 0 aliphatic carbocycles. The molecule has 0 aliphatic rings. The van der Waals surface area contributed by atoms with Crippen LogP contribution in [-0.4, -0.2) is 14.6 Å². The maximum absolute atomic E-state index is 13.3. The van der Waals surface area contributed by atoms with E-state index in [-0.39, 0.29) is 5.02 Å². The fourth-order valence-electron chi connectivity index (χ4n) is 2.28. The number of hydrogen-bond donors (Lipinski definition) is 1. The molecule has 0 saturated carbocycles. The molecule has 23 heavy (non-hydrogen) atoms. The Labute approximate surface area is 139 Å². The van der Waals surface area contributed by atoms with Gasteiger partial charge in [-0.2, -0.15) is 5.10 Å². The van der Waals surface area contributed by atoms with Crippen molar-refractivity contribution in [2.45, 2.75) is 6.04 Å². The summed E-state index contributed by atoms with van der Waals surface area (Å²) < 4.78 is 20.3. The highest BCUT2D eigenvalue weighted by atomic mass is 35.5. The first kappa shape index (κ1) is 14.4. The highest BCUT2D eigenvalue weighted by Crippen LogP contribution is 2.30. The van der Waals surface area contributed by atoms with Crippen LogP contribution in [0.25, 0.3) is 16.2 Å². The summed E-state index contributed by atoms with van der Waals surface area (Å²) in [7, 11) is 0. The second kappa shape index (κ2) is 5.45. The standard InChI is InChI=1S/C15H10ClFN4OS/c16-9-6-8(3-4-10(9)17)11-7-19-15-21(11)20-14(23-15)13(18)12-2-1-5-22-12/h1-7,13H,18H2. The second-order valence-electron chi connectivity index (χ2n) is 4.90. The predicted octanol–water partition coefficient (Wildman–Crippen LogP) is 3.89. The lowest BCUT2D eigenvalue weighted by Crippen LogP contribution is -2.11.